The van der Waals surface area contributed by atoms with Gasteiger partial charge in [-0.15, -0.1) is 0 Å². The Labute approximate surface area is 149 Å². The molecule has 0 saturated carbocycles. The van der Waals surface area contributed by atoms with E-state index in [1.165, 1.54) is 4.90 Å². The second kappa shape index (κ2) is 7.18. The Balaban J connectivity index is 1.96. The van der Waals surface area contributed by atoms with E-state index in [2.05, 4.69) is 0 Å². The zero-order valence-electron chi connectivity index (χ0n) is 15.5. The Morgan fingerprint density at radius 2 is 1.56 bits per heavy atom. The Bertz CT molecular complexity index is 625. The summed E-state index contributed by atoms with van der Waals surface area (Å²) in [6.45, 7) is 8.48. The van der Waals surface area contributed by atoms with Crippen LogP contribution in [-0.4, -0.2) is 47.3 Å². The zero-order chi connectivity index (χ0) is 18.8. The van der Waals surface area contributed by atoms with E-state index in [0.29, 0.717) is 6.54 Å². The molecule has 25 heavy (non-hydrogen) atoms. The number of carboxylic acid groups (broad SMARTS) is 1. The lowest BCUT2D eigenvalue weighted by Crippen LogP contribution is -2.41. The third-order valence-corrected chi connectivity index (χ3v) is 4.90. The van der Waals surface area contributed by atoms with Crippen molar-refractivity contribution < 1.29 is 24.0 Å². The van der Waals surface area contributed by atoms with Gasteiger partial charge in [-0.3, -0.25) is 9.59 Å². The van der Waals surface area contributed by atoms with Crippen molar-refractivity contribution in [1.82, 2.24) is 4.90 Å². The first-order chi connectivity index (χ1) is 11.5. The standard InChI is InChI=1S/C18H26BNO5/c1-17(2)18(3,4)25-19(24-17)14-8-6-13(7-9-14)12-20(5)15(21)10-11-16(22)23/h6-9H,10-12H2,1-5H3,(H,22,23). The fourth-order valence-electron chi connectivity index (χ4n) is 2.53. The first-order valence-electron chi connectivity index (χ1n) is 8.42. The maximum Gasteiger partial charge on any atom is 0.494 e. The minimum atomic E-state index is -0.964. The van der Waals surface area contributed by atoms with E-state index < -0.39 is 13.1 Å². The van der Waals surface area contributed by atoms with Crippen molar-refractivity contribution in [3.63, 3.8) is 0 Å². The van der Waals surface area contributed by atoms with Crippen LogP contribution in [0.2, 0.25) is 0 Å². The van der Waals surface area contributed by atoms with Crippen molar-refractivity contribution in [1.29, 1.82) is 0 Å². The number of carbonyl (C=O) groups is 2. The molecule has 1 aromatic rings. The predicted molar refractivity (Wildman–Crippen MR) is 95.5 cm³/mol. The number of amides is 1. The van der Waals surface area contributed by atoms with Gasteiger partial charge in [-0.2, -0.15) is 0 Å². The van der Waals surface area contributed by atoms with Gasteiger partial charge < -0.3 is 19.3 Å². The molecule has 1 aromatic carbocycles. The average molecular weight is 347 g/mol. The van der Waals surface area contributed by atoms with Crippen LogP contribution in [0, 0.1) is 0 Å². The Morgan fingerprint density at radius 1 is 1.04 bits per heavy atom. The molecular formula is C18H26BNO5. The molecule has 1 N–H and O–H groups in total. The summed E-state index contributed by atoms with van der Waals surface area (Å²) >= 11 is 0. The number of hydrogen-bond donors (Lipinski definition) is 1. The molecule has 1 saturated heterocycles. The fourth-order valence-corrected chi connectivity index (χ4v) is 2.53. The van der Waals surface area contributed by atoms with Gasteiger partial charge >= 0.3 is 13.1 Å². The van der Waals surface area contributed by atoms with Crippen LogP contribution >= 0.6 is 0 Å². The highest BCUT2D eigenvalue weighted by Crippen LogP contribution is 2.36. The molecule has 7 heteroatoms. The van der Waals surface area contributed by atoms with E-state index in [1.807, 2.05) is 52.0 Å². The molecular weight excluding hydrogens is 321 g/mol. The van der Waals surface area contributed by atoms with E-state index >= 15 is 0 Å². The summed E-state index contributed by atoms with van der Waals surface area (Å²) in [5, 5.41) is 8.65. The highest BCUT2D eigenvalue weighted by Gasteiger charge is 2.51. The highest BCUT2D eigenvalue weighted by atomic mass is 16.7. The number of benzene rings is 1. The maximum absolute atomic E-state index is 11.9. The Hall–Kier alpha value is -1.86. The lowest BCUT2D eigenvalue weighted by molar-refractivity contribution is -0.140. The van der Waals surface area contributed by atoms with Gasteiger partial charge in [0.25, 0.3) is 0 Å². The number of carboxylic acids is 1. The average Bonchev–Trinajstić information content (AvgIpc) is 2.73. The number of rotatable bonds is 6. The molecule has 6 nitrogen and oxygen atoms in total. The SMILES string of the molecule is CN(Cc1ccc(B2OC(C)(C)C(C)(C)O2)cc1)C(=O)CCC(=O)O. The lowest BCUT2D eigenvalue weighted by atomic mass is 9.79. The molecule has 0 radical (unpaired) electrons. The van der Waals surface area contributed by atoms with Crippen molar-refractivity contribution in [2.24, 2.45) is 0 Å². The van der Waals surface area contributed by atoms with E-state index in [-0.39, 0.29) is 30.0 Å². The van der Waals surface area contributed by atoms with Crippen LogP contribution in [-0.2, 0) is 25.4 Å². The summed E-state index contributed by atoms with van der Waals surface area (Å²) in [6, 6.07) is 7.74. The fraction of sp³-hybridized carbons (Fsp3) is 0.556. The van der Waals surface area contributed by atoms with Gasteiger partial charge in [-0.25, -0.2) is 0 Å². The second-order valence-electron chi connectivity index (χ2n) is 7.47. The first-order valence-corrected chi connectivity index (χ1v) is 8.42. The molecule has 0 spiro atoms. The first kappa shape index (κ1) is 19.5. The molecule has 136 valence electrons. The summed E-state index contributed by atoms with van der Waals surface area (Å²) in [5.74, 6) is -1.15. The topological polar surface area (TPSA) is 76.1 Å². The summed E-state index contributed by atoms with van der Waals surface area (Å²) in [4.78, 5) is 24.0. The van der Waals surface area contributed by atoms with Crippen molar-refractivity contribution in [3.05, 3.63) is 29.8 Å². The number of nitrogens with zero attached hydrogens (tertiary/aromatic N) is 1. The van der Waals surface area contributed by atoms with Gasteiger partial charge in [0.2, 0.25) is 5.91 Å². The third kappa shape index (κ3) is 4.61. The van der Waals surface area contributed by atoms with Gasteiger partial charge in [-0.1, -0.05) is 24.3 Å². The van der Waals surface area contributed by atoms with Crippen LogP contribution in [0.1, 0.15) is 46.1 Å². The molecule has 1 fully saturated rings. The van der Waals surface area contributed by atoms with Gasteiger partial charge in [0.1, 0.15) is 0 Å². The minimum Gasteiger partial charge on any atom is -0.481 e. The molecule has 2 rings (SSSR count). The highest BCUT2D eigenvalue weighted by molar-refractivity contribution is 6.62. The molecule has 1 amide bonds. The molecule has 1 aliphatic rings. The summed E-state index contributed by atoms with van der Waals surface area (Å²) in [5.41, 5.74) is 1.13. The van der Waals surface area contributed by atoms with Crippen molar-refractivity contribution in [2.45, 2.75) is 58.3 Å². The molecule has 0 bridgehead atoms. The normalized spacial score (nSPS) is 18.2. The Kier molecular flexibility index (Phi) is 5.59. The smallest absolute Gasteiger partial charge is 0.481 e. The summed E-state index contributed by atoms with van der Waals surface area (Å²) in [6.07, 6.45) is -0.137. The van der Waals surface area contributed by atoms with Crippen molar-refractivity contribution >= 4 is 24.5 Å². The second-order valence-corrected chi connectivity index (χ2v) is 7.47. The van der Waals surface area contributed by atoms with Crippen LogP contribution < -0.4 is 5.46 Å². The number of hydrogen-bond acceptors (Lipinski definition) is 4. The van der Waals surface area contributed by atoms with Gasteiger partial charge in [0, 0.05) is 20.0 Å². The molecule has 1 heterocycles. The van der Waals surface area contributed by atoms with Crippen LogP contribution in [0.25, 0.3) is 0 Å². The molecule has 1 aliphatic heterocycles. The van der Waals surface area contributed by atoms with Gasteiger partial charge in [-0.05, 0) is 38.7 Å². The van der Waals surface area contributed by atoms with E-state index in [9.17, 15) is 9.59 Å². The summed E-state index contributed by atoms with van der Waals surface area (Å²) < 4.78 is 12.0. The minimum absolute atomic E-state index is 0.0117. The predicted octanol–water partition coefficient (Wildman–Crippen LogP) is 1.81. The van der Waals surface area contributed by atoms with Crippen LogP contribution in [0.3, 0.4) is 0 Å². The zero-order valence-corrected chi connectivity index (χ0v) is 15.5. The van der Waals surface area contributed by atoms with Gasteiger partial charge in [0.05, 0.1) is 17.6 Å². The largest absolute Gasteiger partial charge is 0.494 e. The molecule has 0 aliphatic carbocycles. The maximum atomic E-state index is 11.9. The number of aliphatic carboxylic acids is 1. The van der Waals surface area contributed by atoms with E-state index in [1.54, 1.807) is 7.05 Å². The van der Waals surface area contributed by atoms with Crippen LogP contribution in [0.15, 0.2) is 24.3 Å². The lowest BCUT2D eigenvalue weighted by Gasteiger charge is -2.32. The van der Waals surface area contributed by atoms with Gasteiger partial charge in [0.15, 0.2) is 0 Å². The Morgan fingerprint density at radius 3 is 2.04 bits per heavy atom. The molecule has 0 aromatic heterocycles. The van der Waals surface area contributed by atoms with Crippen LogP contribution in [0.4, 0.5) is 0 Å². The summed E-state index contributed by atoms with van der Waals surface area (Å²) in [7, 11) is 1.26. The quantitative estimate of drug-likeness (QED) is 0.795. The number of carbonyl (C=O) groups excluding carboxylic acids is 1. The van der Waals surface area contributed by atoms with Crippen molar-refractivity contribution in [3.8, 4) is 0 Å². The third-order valence-electron chi connectivity index (χ3n) is 4.90. The molecule has 0 unspecified atom stereocenters. The van der Waals surface area contributed by atoms with E-state index in [0.717, 1.165) is 11.0 Å². The monoisotopic (exact) mass is 347 g/mol. The van der Waals surface area contributed by atoms with E-state index in [4.69, 9.17) is 14.4 Å². The van der Waals surface area contributed by atoms with Crippen molar-refractivity contribution in [2.75, 3.05) is 7.05 Å². The van der Waals surface area contributed by atoms with Crippen LogP contribution in [0.5, 0.6) is 0 Å². The molecule has 0 atom stereocenters.